The normalized spacial score (nSPS) is 16.8. The third kappa shape index (κ3) is 3.62. The number of aryl methyl sites for hydroxylation is 2. The molecule has 1 aliphatic heterocycles. The Morgan fingerprint density at radius 1 is 1.23 bits per heavy atom. The van der Waals surface area contributed by atoms with E-state index >= 15 is 0 Å². The average molecular weight is 302 g/mol. The van der Waals surface area contributed by atoms with Crippen molar-refractivity contribution < 1.29 is 9.26 Å². The Hall–Kier alpha value is -1.95. The highest BCUT2D eigenvalue weighted by Crippen LogP contribution is 2.18. The van der Waals surface area contributed by atoms with Crippen LogP contribution in [0.2, 0.25) is 0 Å². The third-order valence-corrected chi connectivity index (χ3v) is 4.14. The Morgan fingerprint density at radius 2 is 1.95 bits per heavy atom. The Labute approximate surface area is 130 Å². The molecule has 1 saturated heterocycles. The van der Waals surface area contributed by atoms with Crippen LogP contribution in [0.3, 0.4) is 0 Å². The van der Waals surface area contributed by atoms with Crippen LogP contribution in [0.1, 0.15) is 36.7 Å². The van der Waals surface area contributed by atoms with E-state index in [1.165, 1.54) is 0 Å². The standard InChI is InChI=1S/C16H22N4O2/c1-3-13-8-17-16(18-9-13)21-15-4-6-20(7-5-15)11-14-10-19-22-12(14)2/h8-10,15H,3-7,11H2,1-2H3. The first kappa shape index (κ1) is 15.0. The molecule has 0 aliphatic carbocycles. The quantitative estimate of drug-likeness (QED) is 0.845. The van der Waals surface area contributed by atoms with E-state index in [1.54, 1.807) is 6.20 Å². The van der Waals surface area contributed by atoms with Crippen molar-refractivity contribution in [1.82, 2.24) is 20.0 Å². The lowest BCUT2D eigenvalue weighted by Crippen LogP contribution is -2.38. The molecule has 0 atom stereocenters. The van der Waals surface area contributed by atoms with Crippen molar-refractivity contribution >= 4 is 0 Å². The van der Waals surface area contributed by atoms with Gasteiger partial charge in [-0.05, 0) is 31.7 Å². The van der Waals surface area contributed by atoms with Crippen molar-refractivity contribution in [1.29, 1.82) is 0 Å². The van der Waals surface area contributed by atoms with Crippen molar-refractivity contribution in [3.63, 3.8) is 0 Å². The molecule has 0 unspecified atom stereocenters. The van der Waals surface area contributed by atoms with Gasteiger partial charge >= 0.3 is 6.01 Å². The van der Waals surface area contributed by atoms with Gasteiger partial charge in [-0.25, -0.2) is 9.97 Å². The number of hydrogen-bond donors (Lipinski definition) is 0. The molecule has 2 aromatic heterocycles. The number of nitrogens with zero attached hydrogens (tertiary/aromatic N) is 4. The maximum Gasteiger partial charge on any atom is 0.316 e. The molecule has 1 fully saturated rings. The van der Waals surface area contributed by atoms with Crippen molar-refractivity contribution in [3.05, 3.63) is 35.5 Å². The molecule has 6 nitrogen and oxygen atoms in total. The minimum atomic E-state index is 0.201. The summed E-state index contributed by atoms with van der Waals surface area (Å²) >= 11 is 0. The van der Waals surface area contributed by atoms with Gasteiger partial charge in [-0.15, -0.1) is 0 Å². The molecular weight excluding hydrogens is 280 g/mol. The van der Waals surface area contributed by atoms with Crippen LogP contribution in [0.15, 0.2) is 23.1 Å². The lowest BCUT2D eigenvalue weighted by Gasteiger charge is -2.31. The van der Waals surface area contributed by atoms with Crippen LogP contribution >= 0.6 is 0 Å². The van der Waals surface area contributed by atoms with Gasteiger partial charge in [0.15, 0.2) is 0 Å². The topological polar surface area (TPSA) is 64.3 Å². The van der Waals surface area contributed by atoms with Gasteiger partial charge in [0.25, 0.3) is 0 Å². The first-order chi connectivity index (χ1) is 10.7. The fourth-order valence-electron chi connectivity index (χ4n) is 2.63. The number of hydrogen-bond acceptors (Lipinski definition) is 6. The van der Waals surface area contributed by atoms with E-state index < -0.39 is 0 Å². The molecule has 0 N–H and O–H groups in total. The van der Waals surface area contributed by atoms with Crippen LogP contribution in [0.5, 0.6) is 6.01 Å². The molecule has 1 aliphatic rings. The van der Waals surface area contributed by atoms with Gasteiger partial charge in [-0.2, -0.15) is 0 Å². The van der Waals surface area contributed by atoms with Crippen LogP contribution in [0.25, 0.3) is 0 Å². The SMILES string of the molecule is CCc1cnc(OC2CCN(Cc3cnoc3C)CC2)nc1. The molecule has 3 rings (SSSR count). The number of rotatable bonds is 5. The van der Waals surface area contributed by atoms with Crippen LogP contribution in [0, 0.1) is 6.92 Å². The van der Waals surface area contributed by atoms with Crippen molar-refractivity contribution in [2.45, 2.75) is 45.8 Å². The summed E-state index contributed by atoms with van der Waals surface area (Å²) in [7, 11) is 0. The highest BCUT2D eigenvalue weighted by molar-refractivity contribution is 5.11. The molecule has 0 amide bonds. The Bertz CT molecular complexity index is 588. The number of aromatic nitrogens is 3. The molecule has 118 valence electrons. The van der Waals surface area contributed by atoms with E-state index in [0.717, 1.165) is 55.8 Å². The maximum absolute atomic E-state index is 5.88. The summed E-state index contributed by atoms with van der Waals surface area (Å²) in [6.45, 7) is 6.94. The highest BCUT2D eigenvalue weighted by Gasteiger charge is 2.22. The summed E-state index contributed by atoms with van der Waals surface area (Å²) in [5, 5.41) is 3.83. The molecule has 22 heavy (non-hydrogen) atoms. The van der Waals surface area contributed by atoms with Gasteiger partial charge in [-0.1, -0.05) is 12.1 Å². The maximum atomic E-state index is 5.88. The fourth-order valence-corrected chi connectivity index (χ4v) is 2.63. The Morgan fingerprint density at radius 3 is 2.55 bits per heavy atom. The van der Waals surface area contributed by atoms with E-state index in [0.29, 0.717) is 6.01 Å². The summed E-state index contributed by atoms with van der Waals surface area (Å²) < 4.78 is 11.0. The van der Waals surface area contributed by atoms with E-state index in [2.05, 4.69) is 26.9 Å². The number of likely N-dealkylation sites (tertiary alicyclic amines) is 1. The second-order valence-electron chi connectivity index (χ2n) is 5.73. The zero-order chi connectivity index (χ0) is 15.4. The molecule has 6 heteroatoms. The van der Waals surface area contributed by atoms with E-state index in [4.69, 9.17) is 9.26 Å². The molecule has 3 heterocycles. The summed E-state index contributed by atoms with van der Waals surface area (Å²) in [4.78, 5) is 10.9. The molecule has 0 radical (unpaired) electrons. The predicted octanol–water partition coefficient (Wildman–Crippen LogP) is 2.38. The molecule has 0 bridgehead atoms. The molecule has 2 aromatic rings. The third-order valence-electron chi connectivity index (χ3n) is 4.14. The van der Waals surface area contributed by atoms with Gasteiger partial charge in [0.1, 0.15) is 11.9 Å². The smallest absolute Gasteiger partial charge is 0.316 e. The monoisotopic (exact) mass is 302 g/mol. The van der Waals surface area contributed by atoms with Crippen molar-refractivity contribution in [3.8, 4) is 6.01 Å². The molecule has 0 aromatic carbocycles. The highest BCUT2D eigenvalue weighted by atomic mass is 16.5. The second kappa shape index (κ2) is 6.87. The average Bonchev–Trinajstić information content (AvgIpc) is 2.95. The number of ether oxygens (including phenoxy) is 1. The van der Waals surface area contributed by atoms with E-state index in [-0.39, 0.29) is 6.10 Å². The van der Waals surface area contributed by atoms with Crippen molar-refractivity contribution in [2.24, 2.45) is 0 Å². The number of piperidine rings is 1. The zero-order valence-electron chi connectivity index (χ0n) is 13.2. The summed E-state index contributed by atoms with van der Waals surface area (Å²) in [5.41, 5.74) is 2.30. The second-order valence-corrected chi connectivity index (χ2v) is 5.73. The Kier molecular flexibility index (Phi) is 4.68. The summed E-state index contributed by atoms with van der Waals surface area (Å²) in [6, 6.07) is 0.491. The van der Waals surface area contributed by atoms with Crippen LogP contribution in [-0.2, 0) is 13.0 Å². The van der Waals surface area contributed by atoms with E-state index in [1.807, 2.05) is 19.3 Å². The van der Waals surface area contributed by atoms with Crippen molar-refractivity contribution in [2.75, 3.05) is 13.1 Å². The lowest BCUT2D eigenvalue weighted by molar-refractivity contribution is 0.0890. The van der Waals surface area contributed by atoms with Gasteiger partial charge in [0, 0.05) is 37.6 Å². The van der Waals surface area contributed by atoms with Gasteiger partial charge in [-0.3, -0.25) is 4.90 Å². The predicted molar refractivity (Wildman–Crippen MR) is 81.6 cm³/mol. The minimum Gasteiger partial charge on any atom is -0.460 e. The van der Waals surface area contributed by atoms with Crippen LogP contribution in [0.4, 0.5) is 0 Å². The zero-order valence-corrected chi connectivity index (χ0v) is 13.2. The van der Waals surface area contributed by atoms with Gasteiger partial charge < -0.3 is 9.26 Å². The van der Waals surface area contributed by atoms with Crippen LogP contribution in [-0.4, -0.2) is 39.2 Å². The fraction of sp³-hybridized carbons (Fsp3) is 0.562. The lowest BCUT2D eigenvalue weighted by atomic mass is 10.1. The summed E-state index contributed by atoms with van der Waals surface area (Å²) in [5.74, 6) is 0.905. The van der Waals surface area contributed by atoms with Gasteiger partial charge in [0.05, 0.1) is 6.20 Å². The van der Waals surface area contributed by atoms with E-state index in [9.17, 15) is 0 Å². The molecule has 0 spiro atoms. The van der Waals surface area contributed by atoms with Crippen LogP contribution < -0.4 is 4.74 Å². The molecule has 0 saturated carbocycles. The molecular formula is C16H22N4O2. The van der Waals surface area contributed by atoms with Gasteiger partial charge in [0.2, 0.25) is 0 Å². The Balaban J connectivity index is 1.48. The summed E-state index contributed by atoms with van der Waals surface area (Å²) in [6.07, 6.45) is 8.61. The first-order valence-corrected chi connectivity index (χ1v) is 7.84. The first-order valence-electron chi connectivity index (χ1n) is 7.84. The minimum absolute atomic E-state index is 0.201. The largest absolute Gasteiger partial charge is 0.460 e.